The summed E-state index contributed by atoms with van der Waals surface area (Å²) in [6, 6.07) is 43.7. The number of benzene rings is 6. The number of anilines is 2. The molecule has 0 radical (unpaired) electrons. The molecule has 0 unspecified atom stereocenters. The number of nitrogens with zero attached hydrogens (tertiary/aromatic N) is 7. The van der Waals surface area contributed by atoms with Crippen molar-refractivity contribution < 1.29 is 33.4 Å². The summed E-state index contributed by atoms with van der Waals surface area (Å²) < 4.78 is 15.0. The summed E-state index contributed by atoms with van der Waals surface area (Å²) in [6.07, 6.45) is 9.56. The molecule has 7 N–H and O–H groups in total. The number of aromatic nitrogens is 6. The second kappa shape index (κ2) is 34.9. The first-order valence-electron chi connectivity index (χ1n) is 37.2. The predicted octanol–water partition coefficient (Wildman–Crippen LogP) is 12.9. The van der Waals surface area contributed by atoms with E-state index in [0.717, 1.165) is 141 Å². The molecule has 546 valence electrons. The van der Waals surface area contributed by atoms with Crippen molar-refractivity contribution in [3.8, 4) is 22.3 Å². The van der Waals surface area contributed by atoms with Crippen molar-refractivity contribution in [3.63, 3.8) is 0 Å². The fourth-order valence-electron chi connectivity index (χ4n) is 14.5. The normalized spacial score (nSPS) is 15.7. The molecule has 21 heteroatoms. The van der Waals surface area contributed by atoms with E-state index < -0.39 is 0 Å². The third kappa shape index (κ3) is 18.2. The van der Waals surface area contributed by atoms with Crippen molar-refractivity contribution in [1.29, 1.82) is 0 Å². The van der Waals surface area contributed by atoms with Gasteiger partial charge in [-0.3, -0.25) is 28.9 Å². The quantitative estimate of drug-likeness (QED) is 0.0263. The van der Waals surface area contributed by atoms with Gasteiger partial charge in [-0.2, -0.15) is 10.2 Å². The van der Waals surface area contributed by atoms with Gasteiger partial charge in [-0.05, 0) is 191 Å². The first-order valence-corrected chi connectivity index (χ1v) is 37.2. The number of rotatable bonds is 25. The van der Waals surface area contributed by atoms with Crippen LogP contribution in [0.5, 0.6) is 0 Å². The van der Waals surface area contributed by atoms with Crippen molar-refractivity contribution in [2.45, 2.75) is 164 Å². The molecular weight excluding hydrogens is 1320 g/mol. The summed E-state index contributed by atoms with van der Waals surface area (Å²) in [4.78, 5) is 77.6. The average Bonchev–Trinajstić information content (AvgIpc) is 1.69. The summed E-state index contributed by atoms with van der Waals surface area (Å²) in [7, 11) is 0. The minimum atomic E-state index is -0.279. The molecule has 3 aliphatic rings. The smallest absolute Gasteiger partial charge is 0.251 e. The number of aldehydes is 1. The van der Waals surface area contributed by atoms with E-state index in [-0.39, 0.29) is 48.8 Å². The Bertz CT molecular complexity index is 4750. The van der Waals surface area contributed by atoms with Gasteiger partial charge in [-0.25, -0.2) is 19.3 Å². The summed E-state index contributed by atoms with van der Waals surface area (Å²) >= 11 is 0. The molecule has 0 saturated carbocycles. The molecule has 4 aromatic heterocycles. The summed E-state index contributed by atoms with van der Waals surface area (Å²) in [5.41, 5.74) is 19.3. The third-order valence-electron chi connectivity index (χ3n) is 20.1. The van der Waals surface area contributed by atoms with Gasteiger partial charge in [-0.15, -0.1) is 0 Å². The van der Waals surface area contributed by atoms with Crippen molar-refractivity contribution >= 4 is 63.4 Å². The maximum Gasteiger partial charge on any atom is 0.251 e. The van der Waals surface area contributed by atoms with E-state index in [1.54, 1.807) is 54.6 Å². The van der Waals surface area contributed by atoms with Crippen LogP contribution in [0.15, 0.2) is 146 Å². The van der Waals surface area contributed by atoms with E-state index in [1.807, 2.05) is 72.0 Å². The van der Waals surface area contributed by atoms with E-state index in [2.05, 4.69) is 136 Å². The number of nitrogens with one attached hydrogen (secondary N) is 7. The summed E-state index contributed by atoms with van der Waals surface area (Å²) in [5.74, 6) is -1.05. The second-order valence-electron chi connectivity index (χ2n) is 27.8. The molecule has 21 nitrogen and oxygen atoms in total. The lowest BCUT2D eigenvalue weighted by atomic mass is 9.96. The molecular formula is C84H98N14O7. The number of hydrogen-bond donors (Lipinski definition) is 7. The molecule has 7 heterocycles. The van der Waals surface area contributed by atoms with Gasteiger partial charge in [-0.1, -0.05) is 86.6 Å². The molecule has 3 saturated heterocycles. The lowest BCUT2D eigenvalue weighted by molar-refractivity contribution is 0.0903. The Morgan fingerprint density at radius 1 is 0.505 bits per heavy atom. The molecule has 3 fully saturated rings. The number of carbonyl (C=O) groups excluding carboxylic acids is 5. The number of pyridine rings is 2. The Labute approximate surface area is 615 Å². The first-order chi connectivity index (χ1) is 51.1. The average molecular weight is 1420 g/mol. The Morgan fingerprint density at radius 3 is 1.35 bits per heavy atom. The van der Waals surface area contributed by atoms with Crippen molar-refractivity contribution in [2.24, 2.45) is 0 Å². The van der Waals surface area contributed by atoms with Gasteiger partial charge in [0.15, 0.2) is 11.3 Å². The molecule has 10 aromatic rings. The number of ether oxygens (including phenoxy) is 2. The van der Waals surface area contributed by atoms with Crippen molar-refractivity contribution in [1.82, 2.24) is 61.0 Å². The summed E-state index contributed by atoms with van der Waals surface area (Å²) in [5, 5.41) is 34.5. The van der Waals surface area contributed by atoms with Crippen molar-refractivity contribution in [3.05, 3.63) is 224 Å². The molecule has 2 atom stereocenters. The first kappa shape index (κ1) is 74.3. The second-order valence-corrected chi connectivity index (χ2v) is 27.8. The third-order valence-corrected chi connectivity index (χ3v) is 20.1. The van der Waals surface area contributed by atoms with Crippen LogP contribution in [0.2, 0.25) is 0 Å². The zero-order valence-corrected chi connectivity index (χ0v) is 61.7. The highest BCUT2D eigenvalue weighted by Gasteiger charge is 2.27. The molecule has 13 rings (SSSR count). The van der Waals surface area contributed by atoms with Crippen LogP contribution < -0.4 is 37.2 Å². The van der Waals surface area contributed by atoms with Crippen LogP contribution in [0.25, 0.3) is 44.3 Å². The number of amides is 4. The Kier molecular flexibility index (Phi) is 24.7. The molecule has 3 aliphatic heterocycles. The van der Waals surface area contributed by atoms with Gasteiger partial charge >= 0.3 is 0 Å². The van der Waals surface area contributed by atoms with E-state index >= 15 is 0 Å². The standard InChI is InChI=1S/C45H56N8O3.C39H42N6O4/c1-6-41-39(42(50-37-16-18-56-19-17-37)40-25-48-53(7-2)43(40)51-41)24-47-45(55)36-13-9-12-35(22-36)44(54)46-23-32-15-14-29(3)38(21-32)34-11-8-10-33(20-34)28-52-26-30(4)49-31(5)27-52;1-4-35-33(36(43-31-14-16-49-17-15-31)34-23-42-45(5-2)37(34)44-35)22-41-39(48)30-11-7-10-29(20-30)38(47)40-21-26-13-12-25(3)32(19-26)28-9-6-8-27(18-28)24-46/h8-15,20-22,25,30-31,37,49H,6-7,16-19,23-24,26-28H2,1-5H3,(H,46,54)(H,47,55)(H,50,51);6-13,18-20,23-24,31H,4-5,14-17,21-22H2,1-3H3,(H,40,47)(H,41,48)(H,43,44)/t30-,31+;. The van der Waals surface area contributed by atoms with Gasteiger partial charge in [0.2, 0.25) is 0 Å². The monoisotopic (exact) mass is 1410 g/mol. The highest BCUT2D eigenvalue weighted by molar-refractivity contribution is 6.01. The highest BCUT2D eigenvalue weighted by Crippen LogP contribution is 2.35. The maximum absolute atomic E-state index is 13.6. The number of hydrogen-bond acceptors (Lipinski definition) is 15. The molecule has 0 bridgehead atoms. The van der Waals surface area contributed by atoms with Gasteiger partial charge in [0.05, 0.1) is 34.5 Å². The Balaban J connectivity index is 0.000000199. The van der Waals surface area contributed by atoms with Crippen LogP contribution in [-0.2, 0) is 68.1 Å². The number of carbonyl (C=O) groups is 5. The largest absolute Gasteiger partial charge is 0.381 e. The molecule has 0 spiro atoms. The van der Waals surface area contributed by atoms with E-state index in [9.17, 15) is 24.0 Å². The van der Waals surface area contributed by atoms with Crippen LogP contribution >= 0.6 is 0 Å². The minimum Gasteiger partial charge on any atom is -0.381 e. The number of piperazine rings is 1. The van der Waals surface area contributed by atoms with E-state index in [0.29, 0.717) is 105 Å². The lowest BCUT2D eigenvalue weighted by Crippen LogP contribution is -2.53. The minimum absolute atomic E-state index is 0.234. The van der Waals surface area contributed by atoms with Gasteiger partial charge in [0.1, 0.15) is 6.29 Å². The van der Waals surface area contributed by atoms with Crippen LogP contribution in [0, 0.1) is 13.8 Å². The van der Waals surface area contributed by atoms with E-state index in [1.165, 1.54) is 16.7 Å². The number of fused-ring (bicyclic) bond motifs is 2. The van der Waals surface area contributed by atoms with Crippen molar-refractivity contribution in [2.75, 3.05) is 50.2 Å². The molecule has 105 heavy (non-hydrogen) atoms. The Hall–Kier alpha value is -10.5. The van der Waals surface area contributed by atoms with Crippen LogP contribution in [0.4, 0.5) is 11.4 Å². The van der Waals surface area contributed by atoms with Crippen LogP contribution in [-0.4, -0.2) is 128 Å². The Morgan fingerprint density at radius 2 is 0.924 bits per heavy atom. The van der Waals surface area contributed by atoms with Gasteiger partial charge < -0.3 is 46.7 Å². The van der Waals surface area contributed by atoms with Gasteiger partial charge in [0.25, 0.3) is 23.6 Å². The topological polar surface area (TPSA) is 253 Å². The predicted molar refractivity (Wildman–Crippen MR) is 414 cm³/mol. The fraction of sp³-hybridized carbons (Fsp3) is 0.369. The molecule has 6 aromatic carbocycles. The SMILES string of the molecule is CCc1nc2c(cnn2CC)c(NC2CCOCC2)c1CNC(=O)c1cccc(C(=O)NCc2ccc(C)c(-c3cccc(C=O)c3)c2)c1.CCc1nc2c(cnn2CC)c(NC2CCOCC2)c1CNC(=O)c1cccc(C(=O)NCc2ccc(C)c(-c3cccc(CN4C[C@@H](C)N[C@@H](C)C4)c3)c2)c1. The van der Waals surface area contributed by atoms with Crippen LogP contribution in [0.1, 0.15) is 169 Å². The zero-order valence-electron chi connectivity index (χ0n) is 61.7. The maximum atomic E-state index is 13.6. The molecule has 4 amide bonds. The fourth-order valence-corrected chi connectivity index (χ4v) is 14.5. The zero-order chi connectivity index (χ0) is 73.5. The van der Waals surface area contributed by atoms with E-state index in [4.69, 9.17) is 19.4 Å². The number of aryl methyl sites for hydroxylation is 6. The van der Waals surface area contributed by atoms with Crippen LogP contribution in [0.3, 0.4) is 0 Å². The highest BCUT2D eigenvalue weighted by atomic mass is 16.5. The molecule has 0 aliphatic carbocycles. The summed E-state index contributed by atoms with van der Waals surface area (Å²) in [6.45, 7) is 25.4. The van der Waals surface area contributed by atoms with Gasteiger partial charge in [0, 0.05) is 160 Å². The lowest BCUT2D eigenvalue weighted by Gasteiger charge is -2.36.